The van der Waals surface area contributed by atoms with E-state index in [1.807, 2.05) is 31.2 Å². The lowest BCUT2D eigenvalue weighted by Crippen LogP contribution is -2.44. The minimum atomic E-state index is -0.340. The Bertz CT molecular complexity index is 596. The first-order valence-electron chi connectivity index (χ1n) is 7.50. The highest BCUT2D eigenvalue weighted by Gasteiger charge is 2.38. The van der Waals surface area contributed by atoms with Crippen LogP contribution in [0.5, 0.6) is 0 Å². The van der Waals surface area contributed by atoms with E-state index in [9.17, 15) is 4.79 Å². The second-order valence-electron chi connectivity index (χ2n) is 5.71. The van der Waals surface area contributed by atoms with Crippen LogP contribution >= 0.6 is 23.4 Å². The highest BCUT2D eigenvalue weighted by atomic mass is 35.5. The Labute approximate surface area is 140 Å². The molecule has 0 saturated carbocycles. The first-order chi connectivity index (χ1) is 10.6. The van der Waals surface area contributed by atoms with Gasteiger partial charge in [0.1, 0.15) is 5.37 Å². The van der Waals surface area contributed by atoms with Crippen LogP contribution in [-0.4, -0.2) is 29.9 Å². The lowest BCUT2D eigenvalue weighted by Gasteiger charge is -2.38. The third kappa shape index (κ3) is 2.98. The molecule has 0 spiro atoms. The molecular formula is C16H20ClN3OS. The monoisotopic (exact) mass is 337 g/mol. The zero-order valence-electron chi connectivity index (χ0n) is 12.5. The maximum absolute atomic E-state index is 11.8. The molecule has 6 heteroatoms. The summed E-state index contributed by atoms with van der Waals surface area (Å²) in [7, 11) is 0. The van der Waals surface area contributed by atoms with Gasteiger partial charge in [-0.3, -0.25) is 4.79 Å². The number of amides is 1. The second-order valence-corrected chi connectivity index (χ2v) is 7.23. The van der Waals surface area contributed by atoms with E-state index in [-0.39, 0.29) is 11.3 Å². The molecule has 2 aliphatic rings. The molecule has 2 aliphatic heterocycles. The van der Waals surface area contributed by atoms with Crippen LogP contribution in [0, 0.1) is 0 Å². The molecule has 2 heterocycles. The maximum Gasteiger partial charge on any atom is 0.256 e. The average molecular weight is 338 g/mol. The zero-order valence-corrected chi connectivity index (χ0v) is 14.1. The second kappa shape index (κ2) is 6.52. The number of allylic oxidation sites excluding steroid dienone is 1. The number of nitrogens with zero attached hydrogens (tertiary/aromatic N) is 1. The Kier molecular flexibility index (Phi) is 4.66. The molecule has 1 aromatic carbocycles. The van der Waals surface area contributed by atoms with Crippen LogP contribution in [0.2, 0.25) is 5.02 Å². The minimum absolute atomic E-state index is 0.0877. The van der Waals surface area contributed by atoms with Gasteiger partial charge in [0.2, 0.25) is 0 Å². The fourth-order valence-electron chi connectivity index (χ4n) is 3.18. The van der Waals surface area contributed by atoms with Gasteiger partial charge in [-0.05, 0) is 44.0 Å². The third-order valence-corrected chi connectivity index (χ3v) is 5.95. The summed E-state index contributed by atoms with van der Waals surface area (Å²) in [5, 5.41) is 4.25. The number of halogens is 1. The first-order valence-corrected chi connectivity index (χ1v) is 8.75. The number of rotatable bonds is 3. The van der Waals surface area contributed by atoms with Crippen molar-refractivity contribution in [2.24, 2.45) is 5.73 Å². The molecule has 22 heavy (non-hydrogen) atoms. The van der Waals surface area contributed by atoms with Crippen molar-refractivity contribution in [2.45, 2.75) is 31.2 Å². The van der Waals surface area contributed by atoms with Crippen LogP contribution in [0.4, 0.5) is 0 Å². The largest absolute Gasteiger partial charge is 0.365 e. The summed E-state index contributed by atoms with van der Waals surface area (Å²) in [6.45, 7) is 4.00. The number of primary amides is 1. The molecule has 0 bridgehead atoms. The topological polar surface area (TPSA) is 58.4 Å². The van der Waals surface area contributed by atoms with Crippen LogP contribution in [0.15, 0.2) is 34.9 Å². The molecule has 118 valence electrons. The third-order valence-electron chi connectivity index (χ3n) is 4.24. The van der Waals surface area contributed by atoms with Gasteiger partial charge < -0.3 is 16.0 Å². The van der Waals surface area contributed by atoms with Gasteiger partial charge in [0.15, 0.2) is 0 Å². The standard InChI is InChI=1S/C16H20ClN3OS/c1-10-14(15(18)21)22-16(11-4-6-12(17)7-5-11)20(10)13-3-2-8-19-9-13/h4-7,13,16,19H,2-3,8-9H2,1H3,(H2,18,21). The Hall–Kier alpha value is -1.17. The van der Waals surface area contributed by atoms with Crippen molar-refractivity contribution < 1.29 is 4.79 Å². The molecular weight excluding hydrogens is 318 g/mol. The van der Waals surface area contributed by atoms with Crippen molar-refractivity contribution in [3.05, 3.63) is 45.5 Å². The molecule has 1 amide bonds. The number of piperidine rings is 1. The summed E-state index contributed by atoms with van der Waals surface area (Å²) < 4.78 is 0. The summed E-state index contributed by atoms with van der Waals surface area (Å²) in [5.74, 6) is -0.340. The summed E-state index contributed by atoms with van der Waals surface area (Å²) in [4.78, 5) is 14.8. The molecule has 2 unspecified atom stereocenters. The smallest absolute Gasteiger partial charge is 0.256 e. The molecule has 0 radical (unpaired) electrons. The molecule has 0 aromatic heterocycles. The van der Waals surface area contributed by atoms with Crippen LogP contribution in [0.1, 0.15) is 30.7 Å². The summed E-state index contributed by atoms with van der Waals surface area (Å²) >= 11 is 7.54. The van der Waals surface area contributed by atoms with Crippen molar-refractivity contribution in [1.29, 1.82) is 0 Å². The Balaban J connectivity index is 1.94. The fraction of sp³-hybridized carbons (Fsp3) is 0.438. The molecule has 1 fully saturated rings. The van der Waals surface area contributed by atoms with Gasteiger partial charge in [-0.25, -0.2) is 0 Å². The van der Waals surface area contributed by atoms with E-state index in [0.29, 0.717) is 10.9 Å². The SMILES string of the molecule is CC1=C(C(N)=O)SC(c2ccc(Cl)cc2)N1C1CCCNC1. The van der Waals surface area contributed by atoms with E-state index in [0.717, 1.165) is 42.2 Å². The number of hydrogen-bond donors (Lipinski definition) is 2. The van der Waals surface area contributed by atoms with Crippen molar-refractivity contribution in [3.8, 4) is 0 Å². The number of nitrogens with one attached hydrogen (secondary N) is 1. The predicted molar refractivity (Wildman–Crippen MR) is 91.4 cm³/mol. The fourth-order valence-corrected chi connectivity index (χ4v) is 4.65. The van der Waals surface area contributed by atoms with Crippen LogP contribution in [-0.2, 0) is 4.79 Å². The van der Waals surface area contributed by atoms with Gasteiger partial charge in [-0.1, -0.05) is 35.5 Å². The molecule has 1 saturated heterocycles. The molecule has 4 nitrogen and oxygen atoms in total. The van der Waals surface area contributed by atoms with Gasteiger partial charge in [-0.15, -0.1) is 0 Å². The van der Waals surface area contributed by atoms with E-state index in [4.69, 9.17) is 17.3 Å². The molecule has 1 aromatic rings. The van der Waals surface area contributed by atoms with Gasteiger partial charge in [-0.2, -0.15) is 0 Å². The number of hydrogen-bond acceptors (Lipinski definition) is 4. The number of nitrogens with two attached hydrogens (primary N) is 1. The van der Waals surface area contributed by atoms with Gasteiger partial charge >= 0.3 is 0 Å². The van der Waals surface area contributed by atoms with Crippen molar-refractivity contribution in [2.75, 3.05) is 13.1 Å². The number of carbonyl (C=O) groups excluding carboxylic acids is 1. The molecule has 3 rings (SSSR count). The molecule has 3 N–H and O–H groups in total. The highest BCUT2D eigenvalue weighted by molar-refractivity contribution is 8.04. The van der Waals surface area contributed by atoms with Crippen molar-refractivity contribution in [1.82, 2.24) is 10.2 Å². The average Bonchev–Trinajstić information content (AvgIpc) is 2.86. The molecule has 2 atom stereocenters. The highest BCUT2D eigenvalue weighted by Crippen LogP contribution is 2.49. The summed E-state index contributed by atoms with van der Waals surface area (Å²) in [5.41, 5.74) is 7.70. The Morgan fingerprint density at radius 2 is 2.14 bits per heavy atom. The van der Waals surface area contributed by atoms with Crippen LogP contribution in [0.3, 0.4) is 0 Å². The van der Waals surface area contributed by atoms with Gasteiger partial charge in [0.05, 0.1) is 4.91 Å². The quantitative estimate of drug-likeness (QED) is 0.890. The summed E-state index contributed by atoms with van der Waals surface area (Å²) in [6, 6.07) is 8.23. The van der Waals surface area contributed by atoms with Crippen LogP contribution in [0.25, 0.3) is 0 Å². The van der Waals surface area contributed by atoms with Crippen molar-refractivity contribution in [3.63, 3.8) is 0 Å². The predicted octanol–water partition coefficient (Wildman–Crippen LogP) is 2.86. The number of thioether (sulfide) groups is 1. The maximum atomic E-state index is 11.8. The lowest BCUT2D eigenvalue weighted by atomic mass is 10.0. The lowest BCUT2D eigenvalue weighted by molar-refractivity contribution is -0.114. The van der Waals surface area contributed by atoms with E-state index in [2.05, 4.69) is 10.2 Å². The normalized spacial score (nSPS) is 25.6. The van der Waals surface area contributed by atoms with E-state index >= 15 is 0 Å². The molecule has 0 aliphatic carbocycles. The van der Waals surface area contributed by atoms with E-state index in [1.165, 1.54) is 0 Å². The Morgan fingerprint density at radius 1 is 1.41 bits per heavy atom. The number of benzene rings is 1. The van der Waals surface area contributed by atoms with Gasteiger partial charge in [0.25, 0.3) is 5.91 Å². The number of carbonyl (C=O) groups is 1. The summed E-state index contributed by atoms with van der Waals surface area (Å²) in [6.07, 6.45) is 2.28. The first kappa shape index (κ1) is 15.7. The van der Waals surface area contributed by atoms with Crippen molar-refractivity contribution >= 4 is 29.3 Å². The minimum Gasteiger partial charge on any atom is -0.365 e. The van der Waals surface area contributed by atoms with Gasteiger partial charge in [0, 0.05) is 23.3 Å². The van der Waals surface area contributed by atoms with E-state index in [1.54, 1.807) is 11.8 Å². The van der Waals surface area contributed by atoms with E-state index < -0.39 is 0 Å². The zero-order chi connectivity index (χ0) is 15.7. The van der Waals surface area contributed by atoms with Crippen LogP contribution < -0.4 is 11.1 Å². The Morgan fingerprint density at radius 3 is 2.73 bits per heavy atom.